The molecule has 0 heterocycles. The van der Waals surface area contributed by atoms with Crippen LogP contribution in [0.1, 0.15) is 11.1 Å². The molecule has 0 unspecified atom stereocenters. The van der Waals surface area contributed by atoms with Crippen molar-refractivity contribution < 1.29 is 27.5 Å². The summed E-state index contributed by atoms with van der Waals surface area (Å²) in [7, 11) is -3.85. The quantitative estimate of drug-likeness (QED) is 0.313. The topological polar surface area (TPSA) is 122 Å². The second kappa shape index (κ2) is 13.6. The zero-order valence-corrected chi connectivity index (χ0v) is 20.8. The maximum absolute atomic E-state index is 12.8. The standard InChI is InChI=1S/C27H27N3O6S/c31-25(20-28-27(33)36-21-23-12-6-2-7-13-23)29-30(18-16-22-10-4-1-5-11-22)26(32)17-19-37(34,35)24-14-8-3-9-15-24/h1-15,17,19H,16,18,20-21H2,(H,28,33)(H,29,31)/b19-17+. The van der Waals surface area contributed by atoms with Gasteiger partial charge in [0.25, 0.3) is 11.8 Å². The SMILES string of the molecule is O=C(CNC(=O)OCc1ccccc1)NN(CCc1ccccc1)C(=O)/C=C/S(=O)(=O)c1ccccc1. The van der Waals surface area contributed by atoms with E-state index in [9.17, 15) is 22.8 Å². The maximum Gasteiger partial charge on any atom is 0.407 e. The number of nitrogens with one attached hydrogen (secondary N) is 2. The van der Waals surface area contributed by atoms with Crippen LogP contribution in [0.4, 0.5) is 4.79 Å². The van der Waals surface area contributed by atoms with Crippen LogP contribution >= 0.6 is 0 Å². The third-order valence-electron chi connectivity index (χ3n) is 5.06. The first-order valence-electron chi connectivity index (χ1n) is 11.4. The van der Waals surface area contributed by atoms with Gasteiger partial charge in [-0.3, -0.25) is 20.0 Å². The van der Waals surface area contributed by atoms with Gasteiger partial charge in [-0.1, -0.05) is 78.9 Å². The van der Waals surface area contributed by atoms with E-state index in [0.29, 0.717) is 6.42 Å². The van der Waals surface area contributed by atoms with E-state index < -0.39 is 34.3 Å². The van der Waals surface area contributed by atoms with Gasteiger partial charge in [-0.25, -0.2) is 13.2 Å². The van der Waals surface area contributed by atoms with Crippen LogP contribution in [-0.4, -0.2) is 44.4 Å². The molecule has 3 aromatic carbocycles. The molecule has 0 aliphatic carbocycles. The monoisotopic (exact) mass is 521 g/mol. The van der Waals surface area contributed by atoms with Crippen molar-refractivity contribution >= 4 is 27.7 Å². The molecule has 0 aliphatic heterocycles. The number of hydrogen-bond acceptors (Lipinski definition) is 6. The predicted molar refractivity (Wildman–Crippen MR) is 137 cm³/mol. The number of hydrazine groups is 1. The Morgan fingerprint density at radius 2 is 1.38 bits per heavy atom. The van der Waals surface area contributed by atoms with Crippen LogP contribution in [0.25, 0.3) is 0 Å². The summed E-state index contributed by atoms with van der Waals surface area (Å²) in [6.07, 6.45) is 0.489. The molecule has 192 valence electrons. The molecule has 9 nitrogen and oxygen atoms in total. The van der Waals surface area contributed by atoms with Crippen LogP contribution < -0.4 is 10.7 Å². The summed E-state index contributed by atoms with van der Waals surface area (Å²) in [6.45, 7) is -0.339. The van der Waals surface area contributed by atoms with Crippen molar-refractivity contribution in [2.45, 2.75) is 17.9 Å². The Balaban J connectivity index is 1.59. The van der Waals surface area contributed by atoms with Crippen LogP contribution in [0.3, 0.4) is 0 Å². The summed E-state index contributed by atoms with van der Waals surface area (Å²) in [5.41, 5.74) is 4.12. The number of sulfone groups is 1. The summed E-state index contributed by atoms with van der Waals surface area (Å²) in [6, 6.07) is 26.0. The zero-order chi connectivity index (χ0) is 26.5. The Labute approximate surface area is 215 Å². The molecule has 0 radical (unpaired) electrons. The minimum absolute atomic E-state index is 0.0384. The number of nitrogens with zero attached hydrogens (tertiary/aromatic N) is 1. The van der Waals surface area contributed by atoms with E-state index in [1.807, 2.05) is 48.5 Å². The molecule has 10 heteroatoms. The van der Waals surface area contributed by atoms with Crippen LogP contribution in [-0.2, 0) is 37.2 Å². The molecule has 0 fully saturated rings. The molecule has 37 heavy (non-hydrogen) atoms. The lowest BCUT2D eigenvalue weighted by Crippen LogP contribution is -2.49. The van der Waals surface area contributed by atoms with Crippen molar-refractivity contribution in [1.82, 2.24) is 15.8 Å². The Morgan fingerprint density at radius 3 is 2.00 bits per heavy atom. The summed E-state index contributed by atoms with van der Waals surface area (Å²) in [4.78, 5) is 37.2. The fourth-order valence-corrected chi connectivity index (χ4v) is 4.14. The second-order valence-electron chi connectivity index (χ2n) is 7.84. The van der Waals surface area contributed by atoms with Crippen molar-refractivity contribution in [1.29, 1.82) is 0 Å². The number of alkyl carbamates (subject to hydrolysis) is 1. The van der Waals surface area contributed by atoms with E-state index in [4.69, 9.17) is 4.74 Å². The van der Waals surface area contributed by atoms with Crippen LogP contribution in [0.5, 0.6) is 0 Å². The van der Waals surface area contributed by atoms with Gasteiger partial charge in [-0.15, -0.1) is 0 Å². The Morgan fingerprint density at radius 1 is 0.811 bits per heavy atom. The first-order valence-corrected chi connectivity index (χ1v) is 13.0. The van der Waals surface area contributed by atoms with E-state index in [0.717, 1.165) is 27.6 Å². The lowest BCUT2D eigenvalue weighted by atomic mass is 10.1. The molecule has 0 aromatic heterocycles. The highest BCUT2D eigenvalue weighted by molar-refractivity contribution is 7.94. The Kier molecular flexibility index (Phi) is 9.98. The molecule has 2 N–H and O–H groups in total. The Bertz CT molecular complexity index is 1310. The van der Waals surface area contributed by atoms with Crippen molar-refractivity contribution in [3.05, 3.63) is 114 Å². The summed E-state index contributed by atoms with van der Waals surface area (Å²) < 4.78 is 30.1. The van der Waals surface area contributed by atoms with Gasteiger partial charge in [0.15, 0.2) is 9.84 Å². The number of ether oxygens (including phenoxy) is 1. The minimum Gasteiger partial charge on any atom is -0.445 e. The number of carbonyl (C=O) groups is 3. The first-order chi connectivity index (χ1) is 17.8. The zero-order valence-electron chi connectivity index (χ0n) is 19.9. The van der Waals surface area contributed by atoms with E-state index in [1.54, 1.807) is 30.3 Å². The highest BCUT2D eigenvalue weighted by Gasteiger charge is 2.17. The number of benzene rings is 3. The van der Waals surface area contributed by atoms with Gasteiger partial charge in [0.2, 0.25) is 0 Å². The third-order valence-corrected chi connectivity index (χ3v) is 6.48. The van der Waals surface area contributed by atoms with Crippen LogP contribution in [0.15, 0.2) is 107 Å². The second-order valence-corrected chi connectivity index (χ2v) is 9.67. The molecule has 0 saturated heterocycles. The molecule has 0 spiro atoms. The average Bonchev–Trinajstić information content (AvgIpc) is 2.93. The van der Waals surface area contributed by atoms with E-state index in [-0.39, 0.29) is 18.0 Å². The highest BCUT2D eigenvalue weighted by atomic mass is 32.2. The Hall–Kier alpha value is -4.44. The summed E-state index contributed by atoms with van der Waals surface area (Å²) >= 11 is 0. The van der Waals surface area contributed by atoms with Crippen molar-refractivity contribution in [3.8, 4) is 0 Å². The lowest BCUT2D eigenvalue weighted by Gasteiger charge is -2.22. The largest absolute Gasteiger partial charge is 0.445 e. The van der Waals surface area contributed by atoms with Gasteiger partial charge in [-0.05, 0) is 29.7 Å². The molecule has 3 aromatic rings. The van der Waals surface area contributed by atoms with Crippen molar-refractivity contribution in [2.75, 3.05) is 13.1 Å². The van der Waals surface area contributed by atoms with E-state index in [2.05, 4.69) is 10.7 Å². The normalized spacial score (nSPS) is 11.0. The van der Waals surface area contributed by atoms with E-state index >= 15 is 0 Å². The molecule has 0 bridgehead atoms. The third kappa shape index (κ3) is 9.26. The van der Waals surface area contributed by atoms with Gasteiger partial charge >= 0.3 is 6.09 Å². The van der Waals surface area contributed by atoms with Gasteiger partial charge in [-0.2, -0.15) is 0 Å². The van der Waals surface area contributed by atoms with Gasteiger partial charge in [0.05, 0.1) is 4.90 Å². The van der Waals surface area contributed by atoms with Crippen molar-refractivity contribution in [2.24, 2.45) is 0 Å². The minimum atomic E-state index is -3.85. The van der Waals surface area contributed by atoms with Crippen LogP contribution in [0.2, 0.25) is 0 Å². The molecular weight excluding hydrogens is 494 g/mol. The number of amides is 3. The highest BCUT2D eigenvalue weighted by Crippen LogP contribution is 2.11. The molecular formula is C27H27N3O6S. The fourth-order valence-electron chi connectivity index (χ4n) is 3.15. The average molecular weight is 522 g/mol. The van der Waals surface area contributed by atoms with E-state index in [1.165, 1.54) is 12.1 Å². The molecule has 0 saturated carbocycles. The van der Waals surface area contributed by atoms with Gasteiger partial charge in [0.1, 0.15) is 13.2 Å². The van der Waals surface area contributed by atoms with Gasteiger partial charge < -0.3 is 10.1 Å². The number of rotatable bonds is 10. The number of carbonyl (C=O) groups excluding carboxylic acids is 3. The van der Waals surface area contributed by atoms with Crippen molar-refractivity contribution in [3.63, 3.8) is 0 Å². The van der Waals surface area contributed by atoms with Gasteiger partial charge in [0, 0.05) is 18.0 Å². The molecule has 3 amide bonds. The molecule has 0 atom stereocenters. The van der Waals surface area contributed by atoms with Crippen LogP contribution in [0, 0.1) is 0 Å². The maximum atomic E-state index is 12.8. The summed E-state index contributed by atoms with van der Waals surface area (Å²) in [5, 5.41) is 4.12. The smallest absolute Gasteiger partial charge is 0.407 e. The first kappa shape index (κ1) is 27.2. The molecule has 3 rings (SSSR count). The predicted octanol–water partition coefficient (Wildman–Crippen LogP) is 3.00. The molecule has 0 aliphatic rings. The number of hydrogen-bond donors (Lipinski definition) is 2. The lowest BCUT2D eigenvalue weighted by molar-refractivity contribution is -0.137. The fraction of sp³-hybridized carbons (Fsp3) is 0.148. The summed E-state index contributed by atoms with van der Waals surface area (Å²) in [5.74, 6) is -1.42.